The molecule has 0 aliphatic heterocycles. The van der Waals surface area contributed by atoms with Gasteiger partial charge in [0.05, 0.1) is 22.4 Å². The van der Waals surface area contributed by atoms with Crippen LogP contribution in [0.2, 0.25) is 0 Å². The Morgan fingerprint density at radius 2 is 1.46 bits per heavy atom. The van der Waals surface area contributed by atoms with E-state index in [2.05, 4.69) is 123 Å². The number of nitrogens with zero attached hydrogens (tertiary/aromatic N) is 2. The van der Waals surface area contributed by atoms with E-state index in [1.54, 1.807) is 0 Å². The fraction of sp³-hybridized carbons (Fsp3) is 0.171. The molecule has 0 amide bonds. The summed E-state index contributed by atoms with van der Waals surface area (Å²) in [6.45, 7) is 9.05. The Labute approximate surface area is 241 Å². The fourth-order valence-electron chi connectivity index (χ4n) is 5.87. The largest absolute Gasteiger partial charge is 0.501 e. The van der Waals surface area contributed by atoms with Crippen molar-refractivity contribution in [3.8, 4) is 17.1 Å². The van der Waals surface area contributed by atoms with E-state index in [-0.39, 0.29) is 20.1 Å². The third-order valence-corrected chi connectivity index (χ3v) is 7.67. The molecule has 0 N–H and O–H groups in total. The van der Waals surface area contributed by atoms with E-state index < -0.39 is 0 Å². The molecule has 0 bridgehead atoms. The average molecular weight is 686 g/mol. The van der Waals surface area contributed by atoms with Crippen molar-refractivity contribution in [1.82, 2.24) is 9.55 Å². The molecule has 0 unspecified atom stereocenters. The first-order valence-electron chi connectivity index (χ1n) is 13.4. The van der Waals surface area contributed by atoms with Crippen molar-refractivity contribution in [1.29, 1.82) is 0 Å². The summed E-state index contributed by atoms with van der Waals surface area (Å²) in [5.74, 6) is 1.57. The topological polar surface area (TPSA) is 31.0 Å². The number of furan rings is 1. The Balaban J connectivity index is 0.00000277. The molecular weight excluding hydrogens is 657 g/mol. The van der Waals surface area contributed by atoms with Gasteiger partial charge in [0.2, 0.25) is 0 Å². The molecular formula is C35H29IrN2O-. The molecule has 0 aliphatic carbocycles. The minimum atomic E-state index is 0. The van der Waals surface area contributed by atoms with Crippen LogP contribution in [0.4, 0.5) is 0 Å². The first-order valence-corrected chi connectivity index (χ1v) is 13.4. The summed E-state index contributed by atoms with van der Waals surface area (Å²) >= 11 is 0. The van der Waals surface area contributed by atoms with Crippen LogP contribution in [0, 0.1) is 6.07 Å². The number of imidazole rings is 1. The zero-order valence-corrected chi connectivity index (χ0v) is 24.8. The van der Waals surface area contributed by atoms with Crippen LogP contribution in [0.3, 0.4) is 0 Å². The number of rotatable bonds is 4. The number of hydrogen-bond acceptors (Lipinski definition) is 2. The van der Waals surface area contributed by atoms with E-state index in [1.165, 1.54) is 27.6 Å². The van der Waals surface area contributed by atoms with E-state index in [1.807, 2.05) is 6.07 Å². The van der Waals surface area contributed by atoms with Crippen molar-refractivity contribution >= 4 is 43.7 Å². The van der Waals surface area contributed by atoms with Crippen molar-refractivity contribution in [2.75, 3.05) is 0 Å². The normalized spacial score (nSPS) is 11.8. The van der Waals surface area contributed by atoms with Crippen LogP contribution in [0.15, 0.2) is 95.4 Å². The third-order valence-electron chi connectivity index (χ3n) is 7.67. The molecule has 5 aromatic carbocycles. The predicted molar refractivity (Wildman–Crippen MR) is 158 cm³/mol. The van der Waals surface area contributed by atoms with Gasteiger partial charge in [0.25, 0.3) is 0 Å². The maximum Gasteiger partial charge on any atom is 0.121 e. The molecule has 2 aromatic heterocycles. The van der Waals surface area contributed by atoms with Crippen molar-refractivity contribution in [3.05, 3.63) is 108 Å². The zero-order valence-electron chi connectivity index (χ0n) is 22.5. The van der Waals surface area contributed by atoms with Gasteiger partial charge < -0.3 is 8.98 Å². The Morgan fingerprint density at radius 1 is 0.744 bits per heavy atom. The van der Waals surface area contributed by atoms with Gasteiger partial charge in [0, 0.05) is 31.2 Å². The summed E-state index contributed by atoms with van der Waals surface area (Å²) < 4.78 is 8.95. The molecule has 3 nitrogen and oxygen atoms in total. The number of hydrogen-bond donors (Lipinski definition) is 0. The summed E-state index contributed by atoms with van der Waals surface area (Å²) in [4.78, 5) is 5.21. The summed E-state index contributed by atoms with van der Waals surface area (Å²) in [5.41, 5.74) is 8.47. The average Bonchev–Trinajstić information content (AvgIpc) is 3.51. The molecule has 0 spiro atoms. The second-order valence-electron chi connectivity index (χ2n) is 10.7. The molecule has 2 heterocycles. The monoisotopic (exact) mass is 686 g/mol. The van der Waals surface area contributed by atoms with Gasteiger partial charge in [-0.05, 0) is 51.9 Å². The molecule has 7 rings (SSSR count). The molecule has 0 aliphatic rings. The quantitative estimate of drug-likeness (QED) is 0.173. The number of benzene rings is 5. The van der Waals surface area contributed by atoms with Crippen LogP contribution < -0.4 is 0 Å². The van der Waals surface area contributed by atoms with Gasteiger partial charge in [0.15, 0.2) is 0 Å². The van der Waals surface area contributed by atoms with Crippen LogP contribution >= 0.6 is 0 Å². The number of para-hydroxylation sites is 3. The van der Waals surface area contributed by atoms with E-state index in [0.29, 0.717) is 11.8 Å². The molecule has 0 saturated carbocycles. The maximum atomic E-state index is 6.60. The van der Waals surface area contributed by atoms with Crippen molar-refractivity contribution in [3.63, 3.8) is 0 Å². The van der Waals surface area contributed by atoms with E-state index >= 15 is 0 Å². The molecule has 0 fully saturated rings. The summed E-state index contributed by atoms with van der Waals surface area (Å²) in [6, 6.07) is 35.5. The van der Waals surface area contributed by atoms with Gasteiger partial charge >= 0.3 is 0 Å². The minimum Gasteiger partial charge on any atom is -0.501 e. The molecule has 0 atom stereocenters. The van der Waals surface area contributed by atoms with Crippen LogP contribution in [0.25, 0.3) is 60.8 Å². The first-order chi connectivity index (χ1) is 18.5. The zero-order chi connectivity index (χ0) is 26.0. The Hall–Kier alpha value is -3.72. The second-order valence-corrected chi connectivity index (χ2v) is 10.7. The molecule has 195 valence electrons. The van der Waals surface area contributed by atoms with Gasteiger partial charge in [-0.15, -0.1) is 18.2 Å². The first kappa shape index (κ1) is 25.6. The predicted octanol–water partition coefficient (Wildman–Crippen LogP) is 9.79. The van der Waals surface area contributed by atoms with Gasteiger partial charge in [0.1, 0.15) is 5.58 Å². The molecule has 0 saturated heterocycles. The Kier molecular flexibility index (Phi) is 6.41. The van der Waals surface area contributed by atoms with Gasteiger partial charge in [-0.2, -0.15) is 0 Å². The summed E-state index contributed by atoms with van der Waals surface area (Å²) in [5, 5.41) is 4.63. The standard InChI is InChI=1S/C35H29N2O.Ir/c1-21(2)24-13-9-14-25(22(3)4)33(24)37-30-18-8-7-17-29(30)36-35(37)28-16-10-15-27-32-26-12-6-5-11-23(26)19-20-31(32)38-34(27)28;/h5-15,17-22H,1-4H3;/q-1;. The molecule has 39 heavy (non-hydrogen) atoms. The second kappa shape index (κ2) is 9.79. The van der Waals surface area contributed by atoms with E-state index in [9.17, 15) is 0 Å². The van der Waals surface area contributed by atoms with Crippen molar-refractivity contribution in [2.45, 2.75) is 39.5 Å². The Bertz CT molecular complexity index is 1970. The van der Waals surface area contributed by atoms with Crippen molar-refractivity contribution in [2.24, 2.45) is 0 Å². The number of fused-ring (bicyclic) bond motifs is 6. The summed E-state index contributed by atoms with van der Waals surface area (Å²) in [6.07, 6.45) is 0. The van der Waals surface area contributed by atoms with E-state index in [0.717, 1.165) is 44.4 Å². The van der Waals surface area contributed by atoms with Gasteiger partial charge in [-0.3, -0.25) is 4.98 Å². The number of aromatic nitrogens is 2. The van der Waals surface area contributed by atoms with Crippen molar-refractivity contribution < 1.29 is 24.5 Å². The molecule has 1 radical (unpaired) electrons. The summed E-state index contributed by atoms with van der Waals surface area (Å²) in [7, 11) is 0. The van der Waals surface area contributed by atoms with Gasteiger partial charge in [-0.1, -0.05) is 99.3 Å². The molecule has 7 aromatic rings. The fourth-order valence-corrected chi connectivity index (χ4v) is 5.87. The van der Waals surface area contributed by atoms with Crippen LogP contribution in [-0.2, 0) is 20.1 Å². The Morgan fingerprint density at radius 3 is 2.23 bits per heavy atom. The smallest absolute Gasteiger partial charge is 0.121 e. The van der Waals surface area contributed by atoms with Gasteiger partial charge in [-0.25, -0.2) is 0 Å². The third kappa shape index (κ3) is 3.93. The van der Waals surface area contributed by atoms with Crippen LogP contribution in [-0.4, -0.2) is 9.55 Å². The maximum absolute atomic E-state index is 6.60. The van der Waals surface area contributed by atoms with Crippen LogP contribution in [0.1, 0.15) is 50.7 Å². The SMILES string of the molecule is CC(C)c1cccc(C(C)C)c1-n1c(-c2[c-]ccc3c2oc2ccc4ccccc4c23)nc2ccccc21.[Ir]. The molecule has 4 heteroatoms. The van der Waals surface area contributed by atoms with Crippen LogP contribution in [0.5, 0.6) is 0 Å². The minimum absolute atomic E-state index is 0. The van der Waals surface area contributed by atoms with E-state index in [4.69, 9.17) is 9.40 Å².